The minimum Gasteiger partial charge on any atom is -0.481 e. The van der Waals surface area contributed by atoms with Crippen molar-refractivity contribution in [3.63, 3.8) is 0 Å². The fourth-order valence-corrected chi connectivity index (χ4v) is 4.07. The van der Waals surface area contributed by atoms with Crippen molar-refractivity contribution in [2.24, 2.45) is 0 Å². The minimum atomic E-state index is -3.10. The van der Waals surface area contributed by atoms with Crippen LogP contribution in [0.15, 0.2) is 18.7 Å². The lowest BCUT2D eigenvalue weighted by molar-refractivity contribution is -0.138. The van der Waals surface area contributed by atoms with E-state index in [4.69, 9.17) is 5.11 Å². The molecule has 1 aliphatic rings. The van der Waals surface area contributed by atoms with Crippen LogP contribution in [0, 0.1) is 0 Å². The van der Waals surface area contributed by atoms with E-state index < -0.39 is 21.8 Å². The van der Waals surface area contributed by atoms with E-state index in [0.717, 1.165) is 13.0 Å². The first-order valence-corrected chi connectivity index (χ1v) is 8.40. The molecule has 1 aromatic rings. The predicted octanol–water partition coefficient (Wildman–Crippen LogP) is -0.153. The second kappa shape index (κ2) is 6.36. The van der Waals surface area contributed by atoms with Crippen molar-refractivity contribution < 1.29 is 18.3 Å². The van der Waals surface area contributed by atoms with E-state index in [2.05, 4.69) is 4.98 Å². The highest BCUT2D eigenvalue weighted by atomic mass is 32.2. The van der Waals surface area contributed by atoms with Crippen LogP contribution in [0.4, 0.5) is 0 Å². The molecule has 1 N–H and O–H groups in total. The van der Waals surface area contributed by atoms with Gasteiger partial charge in [0.05, 0.1) is 24.3 Å². The van der Waals surface area contributed by atoms with E-state index in [-0.39, 0.29) is 17.9 Å². The maximum Gasteiger partial charge on any atom is 0.304 e. The van der Waals surface area contributed by atoms with Gasteiger partial charge in [-0.25, -0.2) is 13.4 Å². The van der Waals surface area contributed by atoms with E-state index in [1.807, 2.05) is 15.7 Å². The monoisotopic (exact) mass is 301 g/mol. The Morgan fingerprint density at radius 1 is 1.40 bits per heavy atom. The average Bonchev–Trinajstić information content (AvgIpc) is 2.83. The van der Waals surface area contributed by atoms with E-state index >= 15 is 0 Å². The molecular weight excluding hydrogens is 282 g/mol. The van der Waals surface area contributed by atoms with Gasteiger partial charge in [0.25, 0.3) is 0 Å². The van der Waals surface area contributed by atoms with Crippen LogP contribution in [0.2, 0.25) is 0 Å². The quantitative estimate of drug-likeness (QED) is 0.785. The van der Waals surface area contributed by atoms with Gasteiger partial charge in [0.1, 0.15) is 0 Å². The fraction of sp³-hybridized carbons (Fsp3) is 0.667. The molecule has 2 heterocycles. The molecule has 0 saturated carbocycles. The van der Waals surface area contributed by atoms with Gasteiger partial charge in [-0.05, 0) is 6.42 Å². The zero-order valence-corrected chi connectivity index (χ0v) is 12.0. The minimum absolute atomic E-state index is 0.0512. The van der Waals surface area contributed by atoms with Crippen LogP contribution in [-0.2, 0) is 21.2 Å². The number of aromatic nitrogens is 2. The maximum absolute atomic E-state index is 11.6. The van der Waals surface area contributed by atoms with Crippen molar-refractivity contribution in [3.8, 4) is 0 Å². The SMILES string of the molecule is O=C(O)CC1CS(=O)(=O)CCN1CCCn1ccnc1. The number of carboxylic acid groups (broad SMARTS) is 1. The predicted molar refractivity (Wildman–Crippen MR) is 73.1 cm³/mol. The Labute approximate surface area is 118 Å². The van der Waals surface area contributed by atoms with Crippen LogP contribution in [0.25, 0.3) is 0 Å². The fourth-order valence-electron chi connectivity index (χ4n) is 2.48. The first-order valence-electron chi connectivity index (χ1n) is 6.58. The topological polar surface area (TPSA) is 92.5 Å². The molecule has 112 valence electrons. The molecule has 1 saturated heterocycles. The van der Waals surface area contributed by atoms with Crippen LogP contribution in [-0.4, -0.2) is 64.6 Å². The summed E-state index contributed by atoms with van der Waals surface area (Å²) in [5.74, 6) is -0.884. The highest BCUT2D eigenvalue weighted by molar-refractivity contribution is 7.91. The van der Waals surface area contributed by atoms with Crippen molar-refractivity contribution in [3.05, 3.63) is 18.7 Å². The normalized spacial score (nSPS) is 22.7. The summed E-state index contributed by atoms with van der Waals surface area (Å²) in [5.41, 5.74) is 0. The van der Waals surface area contributed by atoms with Gasteiger partial charge in [-0.15, -0.1) is 0 Å². The van der Waals surface area contributed by atoms with Crippen molar-refractivity contribution in [1.82, 2.24) is 14.5 Å². The van der Waals surface area contributed by atoms with Crippen LogP contribution >= 0.6 is 0 Å². The second-order valence-corrected chi connectivity index (χ2v) is 7.28. The molecule has 1 unspecified atom stereocenters. The number of rotatable bonds is 6. The molecule has 2 rings (SSSR count). The van der Waals surface area contributed by atoms with Gasteiger partial charge < -0.3 is 9.67 Å². The molecule has 20 heavy (non-hydrogen) atoms. The Hall–Kier alpha value is -1.41. The lowest BCUT2D eigenvalue weighted by Gasteiger charge is -2.34. The average molecular weight is 301 g/mol. The Bertz CT molecular complexity index is 541. The first kappa shape index (κ1) is 15.0. The highest BCUT2D eigenvalue weighted by Gasteiger charge is 2.32. The molecule has 1 aromatic heterocycles. The number of aliphatic carboxylic acids is 1. The summed E-state index contributed by atoms with van der Waals surface area (Å²) < 4.78 is 25.2. The van der Waals surface area contributed by atoms with E-state index in [1.165, 1.54) is 0 Å². The van der Waals surface area contributed by atoms with E-state index in [0.29, 0.717) is 13.1 Å². The largest absolute Gasteiger partial charge is 0.481 e. The molecule has 1 fully saturated rings. The Balaban J connectivity index is 1.88. The van der Waals surface area contributed by atoms with Crippen molar-refractivity contribution in [2.45, 2.75) is 25.4 Å². The molecule has 1 aliphatic heterocycles. The zero-order chi connectivity index (χ0) is 14.6. The number of carbonyl (C=O) groups is 1. The van der Waals surface area contributed by atoms with Gasteiger partial charge in [-0.1, -0.05) is 0 Å². The van der Waals surface area contributed by atoms with Crippen molar-refractivity contribution in [2.75, 3.05) is 24.6 Å². The van der Waals surface area contributed by atoms with Crippen LogP contribution < -0.4 is 0 Å². The number of sulfone groups is 1. The number of hydrogen-bond donors (Lipinski definition) is 1. The maximum atomic E-state index is 11.6. The molecule has 1 atom stereocenters. The Morgan fingerprint density at radius 2 is 2.20 bits per heavy atom. The van der Waals surface area contributed by atoms with Crippen LogP contribution in [0.3, 0.4) is 0 Å². The third kappa shape index (κ3) is 4.31. The van der Waals surface area contributed by atoms with E-state index in [1.54, 1.807) is 12.5 Å². The van der Waals surface area contributed by atoms with E-state index in [9.17, 15) is 13.2 Å². The first-order chi connectivity index (χ1) is 9.46. The molecule has 7 nitrogen and oxygen atoms in total. The van der Waals surface area contributed by atoms with Gasteiger partial charge in [-0.2, -0.15) is 0 Å². The molecule has 0 radical (unpaired) electrons. The Morgan fingerprint density at radius 3 is 2.85 bits per heavy atom. The van der Waals surface area contributed by atoms with Crippen molar-refractivity contribution in [1.29, 1.82) is 0 Å². The molecule has 0 spiro atoms. The molecule has 0 amide bonds. The summed E-state index contributed by atoms with van der Waals surface area (Å²) in [6, 6.07) is -0.408. The number of hydrogen-bond acceptors (Lipinski definition) is 5. The van der Waals surface area contributed by atoms with Gasteiger partial charge >= 0.3 is 5.97 Å². The summed E-state index contributed by atoms with van der Waals surface area (Å²) in [4.78, 5) is 16.8. The second-order valence-electron chi connectivity index (χ2n) is 5.06. The van der Waals surface area contributed by atoms with Gasteiger partial charge in [-0.3, -0.25) is 9.69 Å². The molecule has 8 heteroatoms. The summed E-state index contributed by atoms with van der Waals surface area (Å²) in [7, 11) is -3.10. The zero-order valence-electron chi connectivity index (χ0n) is 11.2. The summed E-state index contributed by atoms with van der Waals surface area (Å²) >= 11 is 0. The standard InChI is InChI=1S/C12H19N3O4S/c16-12(17)8-11-9-20(18,19)7-6-15(11)4-1-3-14-5-2-13-10-14/h2,5,10-11H,1,3-4,6-9H2,(H,16,17). The van der Waals surface area contributed by atoms with Gasteiger partial charge in [0.2, 0.25) is 0 Å². The lowest BCUT2D eigenvalue weighted by atomic mass is 10.2. The third-order valence-electron chi connectivity index (χ3n) is 3.48. The number of nitrogens with zero attached hydrogens (tertiary/aromatic N) is 3. The summed E-state index contributed by atoms with van der Waals surface area (Å²) in [6.45, 7) is 1.92. The summed E-state index contributed by atoms with van der Waals surface area (Å²) in [6.07, 6.45) is 6.03. The molecular formula is C12H19N3O4S. The number of carboxylic acids is 1. The van der Waals surface area contributed by atoms with Crippen molar-refractivity contribution >= 4 is 15.8 Å². The van der Waals surface area contributed by atoms with Crippen LogP contribution in [0.5, 0.6) is 0 Å². The molecule has 0 aromatic carbocycles. The van der Waals surface area contributed by atoms with Gasteiger partial charge in [0, 0.05) is 38.1 Å². The van der Waals surface area contributed by atoms with Crippen LogP contribution in [0.1, 0.15) is 12.8 Å². The number of imidazole rings is 1. The Kier molecular flexibility index (Phi) is 4.77. The lowest BCUT2D eigenvalue weighted by Crippen LogP contribution is -2.49. The molecule has 0 aliphatic carbocycles. The smallest absolute Gasteiger partial charge is 0.304 e. The molecule has 0 bridgehead atoms. The number of aryl methyl sites for hydroxylation is 1. The highest BCUT2D eigenvalue weighted by Crippen LogP contribution is 2.15. The van der Waals surface area contributed by atoms with Gasteiger partial charge in [0.15, 0.2) is 9.84 Å². The third-order valence-corrected chi connectivity index (χ3v) is 5.18. The summed E-state index contributed by atoms with van der Waals surface area (Å²) in [5, 5.41) is 8.90.